The predicted molar refractivity (Wildman–Crippen MR) is 157 cm³/mol. The minimum Gasteiger partial charge on any atom is -0.456 e. The summed E-state index contributed by atoms with van der Waals surface area (Å²) in [6, 6.07) is -18.3. The molecule has 0 fully saturated rings. The Kier molecular flexibility index (Phi) is 1.76. The van der Waals surface area contributed by atoms with Gasteiger partial charge in [-0.05, 0) is 72.7 Å². The van der Waals surface area contributed by atoms with E-state index in [1.165, 1.54) is 0 Å². The average Bonchev–Trinajstić information content (AvgIpc) is 3.61. The van der Waals surface area contributed by atoms with Gasteiger partial charge in [0.2, 0.25) is 0 Å². The Bertz CT molecular complexity index is 3240. The van der Waals surface area contributed by atoms with Crippen LogP contribution >= 0.6 is 0 Å². The maximum Gasteiger partial charge on any atom is 0.136 e. The summed E-state index contributed by atoms with van der Waals surface area (Å²) in [5.41, 5.74) is -3.50. The second-order valence-corrected chi connectivity index (χ2v) is 8.01. The molecule has 8 rings (SSSR count). The van der Waals surface area contributed by atoms with E-state index in [-0.39, 0.29) is 10.8 Å². The van der Waals surface area contributed by atoms with Gasteiger partial charge in [0.05, 0.1) is 30.2 Å². The number of hydrogen-bond acceptors (Lipinski definition) is 1. The summed E-state index contributed by atoms with van der Waals surface area (Å²) < 4.78 is 199. The molecule has 8 aromatic rings. The number of benzene rings is 7. The normalized spacial score (nSPS) is 20.1. The molecule has 0 unspecified atom stereocenters. The number of fused-ring (bicyclic) bond motifs is 7. The maximum absolute atomic E-state index is 9.61. The van der Waals surface area contributed by atoms with Crippen molar-refractivity contribution in [1.82, 2.24) is 0 Å². The zero-order valence-corrected chi connectivity index (χ0v) is 18.4. The molecule has 0 aliphatic rings. The van der Waals surface area contributed by atoms with Crippen LogP contribution in [0.1, 0.15) is 30.2 Å². The Labute approximate surface area is 245 Å². The zero-order valence-electron chi connectivity index (χ0n) is 40.4. The van der Waals surface area contributed by atoms with Crippen molar-refractivity contribution in [1.29, 1.82) is 0 Å². The van der Waals surface area contributed by atoms with Gasteiger partial charge in [-0.1, -0.05) is 115 Å². The van der Waals surface area contributed by atoms with E-state index in [0.717, 1.165) is 0 Å². The second kappa shape index (κ2) is 7.81. The molecular formula is C36H22O. The zero-order chi connectivity index (χ0) is 43.5. The van der Waals surface area contributed by atoms with Crippen molar-refractivity contribution >= 4 is 54.3 Å². The fourth-order valence-electron chi connectivity index (χ4n) is 4.58. The van der Waals surface area contributed by atoms with E-state index in [0.29, 0.717) is 0 Å². The van der Waals surface area contributed by atoms with Gasteiger partial charge < -0.3 is 4.42 Å². The average molecular weight is 493 g/mol. The molecule has 0 saturated carbocycles. The van der Waals surface area contributed by atoms with Gasteiger partial charge >= 0.3 is 0 Å². The van der Waals surface area contributed by atoms with E-state index in [9.17, 15) is 6.85 Å². The highest BCUT2D eigenvalue weighted by atomic mass is 16.3. The summed E-state index contributed by atoms with van der Waals surface area (Å²) in [5, 5.41) is -4.07. The summed E-state index contributed by atoms with van der Waals surface area (Å²) >= 11 is 0. The van der Waals surface area contributed by atoms with Gasteiger partial charge in [-0.15, -0.1) is 0 Å². The van der Waals surface area contributed by atoms with Crippen LogP contribution in [0.25, 0.3) is 76.5 Å². The highest BCUT2D eigenvalue weighted by Gasteiger charge is 2.17. The molecule has 0 atom stereocenters. The lowest BCUT2D eigenvalue weighted by Gasteiger charge is -2.18. The third-order valence-electron chi connectivity index (χ3n) is 6.07. The maximum atomic E-state index is 9.61. The standard InChI is InChI=1S/C36H22O/c1-2-10-23(11-3-1)34-27-12-4-6-14-29(27)35(30-15-7-5-13-28(30)34)25-18-20-26-24(22-25)19-21-33-36(26)31-16-8-9-17-32(31)37-33/h1-22H/i1D,2D,3D,4D,5D,6D,7D,8D,9D,10D,11D,12D,13D,14D,15D,16D,17D,18D,19D,20D,21D,22D. The molecule has 37 heavy (non-hydrogen) atoms. The topological polar surface area (TPSA) is 13.1 Å². The Morgan fingerprint density at radius 1 is 0.405 bits per heavy atom. The van der Waals surface area contributed by atoms with Gasteiger partial charge in [0.25, 0.3) is 0 Å². The molecule has 0 spiro atoms. The highest BCUT2D eigenvalue weighted by Crippen LogP contribution is 2.44. The van der Waals surface area contributed by atoms with Crippen LogP contribution in [0.2, 0.25) is 0 Å². The molecule has 0 aliphatic heterocycles. The molecule has 0 amide bonds. The first kappa shape index (κ1) is 8.33. The van der Waals surface area contributed by atoms with E-state index in [4.69, 9.17) is 27.7 Å². The van der Waals surface area contributed by atoms with E-state index >= 15 is 0 Å². The van der Waals surface area contributed by atoms with Gasteiger partial charge in [-0.3, -0.25) is 0 Å². The Balaban J connectivity index is 1.74. The SMILES string of the molecule is [2H]c1c([2H])c([2H])c(-c2c3c([2H])c([2H])c([2H])c([2H])c3c(-c3c([2H])c([2H])c4c(c3[2H])c([2H])c([2H])c3oc5c([2H])c([2H])c([2H])c([2H])c5c34)c3c([2H])c([2H])c([2H])c([2H])c23)c([2H])c1[2H]. The van der Waals surface area contributed by atoms with E-state index in [1.807, 2.05) is 0 Å². The molecule has 1 heterocycles. The number of para-hydroxylation sites is 1. The van der Waals surface area contributed by atoms with Crippen LogP contribution in [0.3, 0.4) is 0 Å². The van der Waals surface area contributed by atoms with Crippen LogP contribution < -0.4 is 0 Å². The molecule has 0 saturated heterocycles. The summed E-state index contributed by atoms with van der Waals surface area (Å²) in [6.07, 6.45) is 0. The summed E-state index contributed by atoms with van der Waals surface area (Å²) in [7, 11) is 0. The van der Waals surface area contributed by atoms with Gasteiger partial charge in [-0.25, -0.2) is 0 Å². The Hall–Kier alpha value is -4.88. The quantitative estimate of drug-likeness (QED) is 0.219. The van der Waals surface area contributed by atoms with Crippen molar-refractivity contribution < 1.29 is 34.6 Å². The lowest BCUT2D eigenvalue weighted by atomic mass is 9.85. The van der Waals surface area contributed by atoms with E-state index in [2.05, 4.69) is 0 Å². The van der Waals surface area contributed by atoms with Gasteiger partial charge in [0.15, 0.2) is 0 Å². The van der Waals surface area contributed by atoms with E-state index in [1.54, 1.807) is 0 Å². The summed E-state index contributed by atoms with van der Waals surface area (Å²) in [6.45, 7) is 0. The highest BCUT2D eigenvalue weighted by molar-refractivity contribution is 6.23. The Morgan fingerprint density at radius 2 is 0.973 bits per heavy atom. The van der Waals surface area contributed by atoms with Crippen LogP contribution in [-0.2, 0) is 0 Å². The second-order valence-electron chi connectivity index (χ2n) is 8.01. The lowest BCUT2D eigenvalue weighted by Crippen LogP contribution is -1.90. The predicted octanol–water partition coefficient (Wildman–Crippen LogP) is 10.4. The summed E-state index contributed by atoms with van der Waals surface area (Å²) in [4.78, 5) is 0. The van der Waals surface area contributed by atoms with Crippen molar-refractivity contribution in [2.75, 3.05) is 0 Å². The molecule has 7 aromatic carbocycles. The van der Waals surface area contributed by atoms with Crippen molar-refractivity contribution in [3.05, 3.63) is 133 Å². The molecule has 1 heteroatoms. The fraction of sp³-hybridized carbons (Fsp3) is 0. The van der Waals surface area contributed by atoms with Crippen molar-refractivity contribution in [3.8, 4) is 22.3 Å². The van der Waals surface area contributed by atoms with Crippen LogP contribution in [-0.4, -0.2) is 0 Å². The largest absolute Gasteiger partial charge is 0.456 e. The van der Waals surface area contributed by atoms with Crippen LogP contribution in [0.4, 0.5) is 0 Å². The van der Waals surface area contributed by atoms with Crippen molar-refractivity contribution in [3.63, 3.8) is 0 Å². The minimum atomic E-state index is -0.908. The Morgan fingerprint density at radius 3 is 1.65 bits per heavy atom. The summed E-state index contributed by atoms with van der Waals surface area (Å²) in [5.74, 6) is 0. The first-order valence-corrected chi connectivity index (χ1v) is 10.9. The van der Waals surface area contributed by atoms with E-state index < -0.39 is 199 Å². The van der Waals surface area contributed by atoms with Gasteiger partial charge in [0, 0.05) is 10.8 Å². The van der Waals surface area contributed by atoms with Crippen LogP contribution in [0.5, 0.6) is 0 Å². The number of rotatable bonds is 2. The first-order chi connectivity index (χ1) is 27.5. The third-order valence-corrected chi connectivity index (χ3v) is 6.07. The van der Waals surface area contributed by atoms with Gasteiger partial charge in [0.1, 0.15) is 11.2 Å². The van der Waals surface area contributed by atoms with Crippen molar-refractivity contribution in [2.24, 2.45) is 0 Å². The number of hydrogen-bond donors (Lipinski definition) is 0. The van der Waals surface area contributed by atoms with Crippen LogP contribution in [0, 0.1) is 0 Å². The first-order valence-electron chi connectivity index (χ1n) is 21.9. The van der Waals surface area contributed by atoms with Crippen LogP contribution in [0.15, 0.2) is 137 Å². The minimum absolute atomic E-state index is 0.295. The fourth-order valence-corrected chi connectivity index (χ4v) is 4.58. The monoisotopic (exact) mass is 492 g/mol. The third kappa shape index (κ3) is 2.98. The lowest BCUT2D eigenvalue weighted by molar-refractivity contribution is 0.669. The molecule has 1 nitrogen and oxygen atoms in total. The molecule has 172 valence electrons. The molecule has 0 aliphatic carbocycles. The molecular weight excluding hydrogens is 448 g/mol. The molecule has 1 aromatic heterocycles. The molecule has 0 radical (unpaired) electrons. The molecule has 0 bridgehead atoms. The van der Waals surface area contributed by atoms with Gasteiger partial charge in [-0.2, -0.15) is 0 Å². The smallest absolute Gasteiger partial charge is 0.136 e. The van der Waals surface area contributed by atoms with Crippen molar-refractivity contribution in [2.45, 2.75) is 0 Å². The number of furan rings is 1. The molecule has 0 N–H and O–H groups in total.